The van der Waals surface area contributed by atoms with E-state index >= 15 is 0 Å². The maximum absolute atomic E-state index is 12.2. The Hall–Kier alpha value is -1.55. The fraction of sp³-hybridized carbons (Fsp3) is 0.611. The lowest BCUT2D eigenvalue weighted by Gasteiger charge is -2.29. The molecule has 3 unspecified atom stereocenters. The van der Waals surface area contributed by atoms with Crippen LogP contribution in [0.15, 0.2) is 24.3 Å². The second-order valence-electron chi connectivity index (χ2n) is 6.33. The minimum Gasteiger partial charge on any atom is -0.481 e. The lowest BCUT2D eigenvalue weighted by atomic mass is 9.80. The van der Waals surface area contributed by atoms with Gasteiger partial charge in [-0.25, -0.2) is 0 Å². The summed E-state index contributed by atoms with van der Waals surface area (Å²) in [5.74, 6) is 1.81. The first-order chi connectivity index (χ1) is 10.6. The van der Waals surface area contributed by atoms with Gasteiger partial charge in [0.1, 0.15) is 5.75 Å². The van der Waals surface area contributed by atoms with E-state index in [1.54, 1.807) is 19.1 Å². The Kier molecular flexibility index (Phi) is 6.25. The summed E-state index contributed by atoms with van der Waals surface area (Å²) in [5.41, 5.74) is 0.779. The van der Waals surface area contributed by atoms with Gasteiger partial charge in [0.25, 0.3) is 5.91 Å². The molecule has 22 heavy (non-hydrogen) atoms. The van der Waals surface area contributed by atoms with E-state index in [2.05, 4.69) is 12.2 Å². The summed E-state index contributed by atoms with van der Waals surface area (Å²) in [6.07, 6.45) is 4.51. The highest BCUT2D eigenvalue weighted by Gasteiger charge is 2.23. The molecule has 4 heteroatoms. The maximum atomic E-state index is 12.2. The molecule has 122 valence electrons. The van der Waals surface area contributed by atoms with Crippen LogP contribution in [-0.2, 0) is 11.4 Å². The van der Waals surface area contributed by atoms with Crippen LogP contribution >= 0.6 is 0 Å². The number of rotatable bonds is 6. The minimum atomic E-state index is -0.534. The average Bonchev–Trinajstić information content (AvgIpc) is 2.54. The molecule has 0 saturated heterocycles. The largest absolute Gasteiger partial charge is 0.481 e. The summed E-state index contributed by atoms with van der Waals surface area (Å²) in [6, 6.07) is 7.19. The van der Waals surface area contributed by atoms with Crippen LogP contribution in [0.4, 0.5) is 0 Å². The second kappa shape index (κ2) is 8.18. The van der Waals surface area contributed by atoms with Gasteiger partial charge in [-0.3, -0.25) is 4.79 Å². The van der Waals surface area contributed by atoms with Crippen molar-refractivity contribution in [3.8, 4) is 5.75 Å². The second-order valence-corrected chi connectivity index (χ2v) is 6.33. The molecule has 0 heterocycles. The molecule has 0 aromatic heterocycles. The van der Waals surface area contributed by atoms with Crippen molar-refractivity contribution in [2.24, 2.45) is 11.8 Å². The first kappa shape index (κ1) is 16.8. The van der Waals surface area contributed by atoms with Crippen LogP contribution < -0.4 is 10.1 Å². The van der Waals surface area contributed by atoms with E-state index in [0.717, 1.165) is 12.1 Å². The third-order valence-electron chi connectivity index (χ3n) is 4.59. The van der Waals surface area contributed by atoms with E-state index in [1.165, 1.54) is 25.7 Å². The van der Waals surface area contributed by atoms with E-state index < -0.39 is 6.10 Å². The molecule has 1 fully saturated rings. The van der Waals surface area contributed by atoms with Crippen molar-refractivity contribution in [3.05, 3.63) is 29.8 Å². The molecular weight excluding hydrogens is 278 g/mol. The summed E-state index contributed by atoms with van der Waals surface area (Å²) in [4.78, 5) is 12.2. The highest BCUT2D eigenvalue weighted by molar-refractivity contribution is 5.80. The molecule has 1 saturated carbocycles. The summed E-state index contributed by atoms with van der Waals surface area (Å²) in [5, 5.41) is 12.1. The zero-order valence-electron chi connectivity index (χ0n) is 13.5. The highest BCUT2D eigenvalue weighted by atomic mass is 16.5. The number of aliphatic hydroxyl groups excluding tert-OH is 1. The molecule has 1 amide bonds. The number of hydrogen-bond acceptors (Lipinski definition) is 3. The lowest BCUT2D eigenvalue weighted by Crippen LogP contribution is -2.40. The number of hydrogen-bond donors (Lipinski definition) is 2. The minimum absolute atomic E-state index is 0.0304. The van der Waals surface area contributed by atoms with Gasteiger partial charge >= 0.3 is 0 Å². The Morgan fingerprint density at radius 1 is 1.41 bits per heavy atom. The Labute approximate surface area is 132 Å². The SMILES string of the molecule is CC(Oc1cccc(CO)c1)C(=O)NCC1CCCCC1C. The van der Waals surface area contributed by atoms with Crippen LogP contribution in [0.1, 0.15) is 45.1 Å². The molecule has 2 N–H and O–H groups in total. The number of carbonyl (C=O) groups excluding carboxylic acids is 1. The van der Waals surface area contributed by atoms with Crippen LogP contribution in [0.2, 0.25) is 0 Å². The molecule has 2 rings (SSSR count). The smallest absolute Gasteiger partial charge is 0.260 e. The van der Waals surface area contributed by atoms with Crippen molar-refractivity contribution >= 4 is 5.91 Å². The Morgan fingerprint density at radius 3 is 2.91 bits per heavy atom. The number of amides is 1. The number of nitrogens with one attached hydrogen (secondary N) is 1. The number of benzene rings is 1. The highest BCUT2D eigenvalue weighted by Crippen LogP contribution is 2.28. The van der Waals surface area contributed by atoms with Gasteiger partial charge < -0.3 is 15.2 Å². The van der Waals surface area contributed by atoms with E-state index in [-0.39, 0.29) is 12.5 Å². The van der Waals surface area contributed by atoms with Gasteiger partial charge in [-0.05, 0) is 42.9 Å². The van der Waals surface area contributed by atoms with Crippen molar-refractivity contribution in [1.82, 2.24) is 5.32 Å². The van der Waals surface area contributed by atoms with Crippen molar-refractivity contribution in [3.63, 3.8) is 0 Å². The van der Waals surface area contributed by atoms with Crippen LogP contribution in [0.25, 0.3) is 0 Å². The number of ether oxygens (including phenoxy) is 1. The fourth-order valence-corrected chi connectivity index (χ4v) is 3.05. The fourth-order valence-electron chi connectivity index (χ4n) is 3.05. The molecule has 1 aromatic carbocycles. The topological polar surface area (TPSA) is 58.6 Å². The van der Waals surface area contributed by atoms with E-state index in [9.17, 15) is 4.79 Å². The van der Waals surface area contributed by atoms with Crippen LogP contribution in [-0.4, -0.2) is 23.7 Å². The molecule has 0 aliphatic heterocycles. The molecule has 1 aliphatic carbocycles. The summed E-state index contributed by atoms with van der Waals surface area (Å²) in [7, 11) is 0. The maximum Gasteiger partial charge on any atom is 0.260 e. The molecule has 0 spiro atoms. The van der Waals surface area contributed by atoms with Gasteiger partial charge in [-0.1, -0.05) is 38.3 Å². The first-order valence-electron chi connectivity index (χ1n) is 8.24. The van der Waals surface area contributed by atoms with Gasteiger partial charge in [-0.15, -0.1) is 0 Å². The number of carbonyl (C=O) groups is 1. The normalized spacial score (nSPS) is 22.9. The lowest BCUT2D eigenvalue weighted by molar-refractivity contribution is -0.127. The predicted octanol–water partition coefficient (Wildman–Crippen LogP) is 2.89. The van der Waals surface area contributed by atoms with Gasteiger partial charge in [0.15, 0.2) is 6.10 Å². The van der Waals surface area contributed by atoms with E-state index in [0.29, 0.717) is 17.6 Å². The van der Waals surface area contributed by atoms with Crippen molar-refractivity contribution in [1.29, 1.82) is 0 Å². The Bertz CT molecular complexity index is 489. The summed E-state index contributed by atoms with van der Waals surface area (Å²) < 4.78 is 5.66. The van der Waals surface area contributed by atoms with Crippen molar-refractivity contribution in [2.75, 3.05) is 6.54 Å². The summed E-state index contributed by atoms with van der Waals surface area (Å²) in [6.45, 7) is 4.74. The molecule has 0 bridgehead atoms. The van der Waals surface area contributed by atoms with Gasteiger partial charge in [0.05, 0.1) is 6.61 Å². The van der Waals surface area contributed by atoms with Crippen molar-refractivity contribution in [2.45, 2.75) is 52.2 Å². The molecular formula is C18H27NO3. The van der Waals surface area contributed by atoms with E-state index in [1.807, 2.05) is 12.1 Å². The third kappa shape index (κ3) is 4.73. The van der Waals surface area contributed by atoms with Gasteiger partial charge in [-0.2, -0.15) is 0 Å². The molecule has 1 aromatic rings. The number of aliphatic hydroxyl groups is 1. The van der Waals surface area contributed by atoms with Crippen LogP contribution in [0.5, 0.6) is 5.75 Å². The molecule has 4 nitrogen and oxygen atoms in total. The van der Waals surface area contributed by atoms with E-state index in [4.69, 9.17) is 9.84 Å². The van der Waals surface area contributed by atoms with Gasteiger partial charge in [0.2, 0.25) is 0 Å². The Morgan fingerprint density at radius 2 is 2.18 bits per heavy atom. The van der Waals surface area contributed by atoms with Crippen LogP contribution in [0.3, 0.4) is 0 Å². The van der Waals surface area contributed by atoms with Crippen LogP contribution in [0, 0.1) is 11.8 Å². The third-order valence-corrected chi connectivity index (χ3v) is 4.59. The zero-order chi connectivity index (χ0) is 15.9. The molecule has 0 radical (unpaired) electrons. The summed E-state index contributed by atoms with van der Waals surface area (Å²) >= 11 is 0. The molecule has 1 aliphatic rings. The van der Waals surface area contributed by atoms with Gasteiger partial charge in [0, 0.05) is 6.54 Å². The standard InChI is InChI=1S/C18H27NO3/c1-13-6-3-4-8-16(13)11-19-18(21)14(2)22-17-9-5-7-15(10-17)12-20/h5,7,9-10,13-14,16,20H,3-4,6,8,11-12H2,1-2H3,(H,19,21). The predicted molar refractivity (Wildman–Crippen MR) is 86.6 cm³/mol. The van der Waals surface area contributed by atoms with Crippen molar-refractivity contribution < 1.29 is 14.6 Å². The quantitative estimate of drug-likeness (QED) is 0.849. The monoisotopic (exact) mass is 305 g/mol. The average molecular weight is 305 g/mol. The first-order valence-corrected chi connectivity index (χ1v) is 8.24. The zero-order valence-corrected chi connectivity index (χ0v) is 13.5. The molecule has 3 atom stereocenters. The Balaban J connectivity index is 1.81.